The highest BCUT2D eigenvalue weighted by Gasteiger charge is 2.44. The van der Waals surface area contributed by atoms with E-state index in [0.29, 0.717) is 5.92 Å². The topological polar surface area (TPSA) is 29.5 Å². The zero-order chi connectivity index (χ0) is 13.2. The lowest BCUT2D eigenvalue weighted by Gasteiger charge is -2.45. The third-order valence-electron chi connectivity index (χ3n) is 5.31. The van der Waals surface area contributed by atoms with Crippen LogP contribution in [0.3, 0.4) is 0 Å². The second-order valence-electron chi connectivity index (χ2n) is 6.95. The minimum atomic E-state index is -0.256. The molecule has 0 aromatic carbocycles. The van der Waals surface area contributed by atoms with E-state index < -0.39 is 0 Å². The Bertz CT molecular complexity index is 248. The lowest BCUT2D eigenvalue weighted by Crippen LogP contribution is -2.50. The van der Waals surface area contributed by atoms with Crippen LogP contribution in [0, 0.1) is 17.8 Å². The summed E-state index contributed by atoms with van der Waals surface area (Å²) < 4.78 is 5.81. The number of hydrogen-bond acceptors (Lipinski definition) is 2. The van der Waals surface area contributed by atoms with Crippen LogP contribution in [0.25, 0.3) is 0 Å². The molecule has 106 valence electrons. The third-order valence-corrected chi connectivity index (χ3v) is 5.31. The van der Waals surface area contributed by atoms with Crippen molar-refractivity contribution in [3.63, 3.8) is 0 Å². The highest BCUT2D eigenvalue weighted by Crippen LogP contribution is 2.43. The van der Waals surface area contributed by atoms with Gasteiger partial charge in [0.2, 0.25) is 0 Å². The van der Waals surface area contributed by atoms with Crippen LogP contribution in [-0.4, -0.2) is 23.9 Å². The Kier molecular flexibility index (Phi) is 4.71. The van der Waals surface area contributed by atoms with Crippen molar-refractivity contribution in [1.82, 2.24) is 0 Å². The highest BCUT2D eigenvalue weighted by atomic mass is 16.5. The van der Waals surface area contributed by atoms with Crippen LogP contribution in [0.2, 0.25) is 0 Å². The molecule has 0 saturated heterocycles. The Morgan fingerprint density at radius 1 is 1.00 bits per heavy atom. The summed E-state index contributed by atoms with van der Waals surface area (Å²) in [7, 11) is 1.80. The van der Waals surface area contributed by atoms with Gasteiger partial charge in [0.15, 0.2) is 0 Å². The van der Waals surface area contributed by atoms with Crippen molar-refractivity contribution in [2.45, 2.75) is 76.9 Å². The molecule has 0 heterocycles. The van der Waals surface area contributed by atoms with Crippen molar-refractivity contribution < 1.29 is 9.84 Å². The van der Waals surface area contributed by atoms with Gasteiger partial charge in [-0.25, -0.2) is 0 Å². The van der Waals surface area contributed by atoms with Crippen LogP contribution < -0.4 is 0 Å². The van der Waals surface area contributed by atoms with E-state index in [0.717, 1.165) is 24.7 Å². The van der Waals surface area contributed by atoms with Gasteiger partial charge in [-0.3, -0.25) is 0 Å². The second-order valence-corrected chi connectivity index (χ2v) is 6.95. The summed E-state index contributed by atoms with van der Waals surface area (Å²) >= 11 is 0. The SMILES string of the molecule is COC1(C(O)C2CC(C)CC(C)C2)CCCCC1. The van der Waals surface area contributed by atoms with Gasteiger partial charge in [-0.1, -0.05) is 33.1 Å². The van der Waals surface area contributed by atoms with Gasteiger partial charge in [0.25, 0.3) is 0 Å². The number of aliphatic hydroxyl groups excluding tert-OH is 1. The van der Waals surface area contributed by atoms with E-state index in [1.807, 2.05) is 0 Å². The standard InChI is InChI=1S/C16H30O2/c1-12-9-13(2)11-14(10-12)15(17)16(18-3)7-5-4-6-8-16/h12-15,17H,4-11H2,1-3H3. The first kappa shape index (κ1) is 14.3. The molecular formula is C16H30O2. The number of ether oxygens (including phenoxy) is 1. The number of hydrogen-bond donors (Lipinski definition) is 1. The number of aliphatic hydroxyl groups is 1. The first-order valence-electron chi connectivity index (χ1n) is 7.80. The summed E-state index contributed by atoms with van der Waals surface area (Å²) in [6.45, 7) is 4.66. The summed E-state index contributed by atoms with van der Waals surface area (Å²) in [5.74, 6) is 1.96. The van der Waals surface area contributed by atoms with Gasteiger partial charge in [0.1, 0.15) is 0 Å². The van der Waals surface area contributed by atoms with E-state index >= 15 is 0 Å². The maximum atomic E-state index is 10.9. The minimum absolute atomic E-state index is 0.236. The van der Waals surface area contributed by atoms with Crippen LogP contribution in [0.4, 0.5) is 0 Å². The fourth-order valence-electron chi connectivity index (χ4n) is 4.47. The smallest absolute Gasteiger partial charge is 0.0939 e. The summed E-state index contributed by atoms with van der Waals surface area (Å²) in [4.78, 5) is 0. The van der Waals surface area contributed by atoms with E-state index in [9.17, 15) is 5.11 Å². The molecular weight excluding hydrogens is 224 g/mol. The molecule has 0 radical (unpaired) electrons. The molecule has 0 spiro atoms. The lowest BCUT2D eigenvalue weighted by molar-refractivity contribution is -0.150. The summed E-state index contributed by atoms with van der Waals surface area (Å²) in [5.41, 5.74) is -0.236. The van der Waals surface area contributed by atoms with Gasteiger partial charge in [-0.05, 0) is 49.9 Å². The average molecular weight is 254 g/mol. The first-order chi connectivity index (χ1) is 8.57. The number of rotatable bonds is 3. The summed E-state index contributed by atoms with van der Waals surface area (Å²) in [6, 6.07) is 0. The molecule has 2 fully saturated rings. The molecule has 2 nitrogen and oxygen atoms in total. The monoisotopic (exact) mass is 254 g/mol. The van der Waals surface area contributed by atoms with Gasteiger partial charge in [0.05, 0.1) is 11.7 Å². The fraction of sp³-hybridized carbons (Fsp3) is 1.00. The largest absolute Gasteiger partial charge is 0.390 e. The predicted molar refractivity (Wildman–Crippen MR) is 74.5 cm³/mol. The van der Waals surface area contributed by atoms with Crippen LogP contribution >= 0.6 is 0 Å². The van der Waals surface area contributed by atoms with Crippen LogP contribution in [-0.2, 0) is 4.74 Å². The maximum Gasteiger partial charge on any atom is 0.0939 e. The molecule has 0 bridgehead atoms. The molecule has 18 heavy (non-hydrogen) atoms. The Morgan fingerprint density at radius 2 is 1.56 bits per heavy atom. The van der Waals surface area contributed by atoms with Gasteiger partial charge in [-0.15, -0.1) is 0 Å². The van der Waals surface area contributed by atoms with Crippen LogP contribution in [0.5, 0.6) is 0 Å². The molecule has 2 heteroatoms. The minimum Gasteiger partial charge on any atom is -0.390 e. The highest BCUT2D eigenvalue weighted by molar-refractivity contribution is 4.96. The summed E-state index contributed by atoms with van der Waals surface area (Å²) in [5, 5.41) is 10.9. The fourth-order valence-corrected chi connectivity index (χ4v) is 4.47. The molecule has 2 rings (SSSR count). The van der Waals surface area contributed by atoms with Crippen molar-refractivity contribution in [3.05, 3.63) is 0 Å². The van der Waals surface area contributed by atoms with Gasteiger partial charge in [0, 0.05) is 7.11 Å². The van der Waals surface area contributed by atoms with Gasteiger partial charge < -0.3 is 9.84 Å². The van der Waals surface area contributed by atoms with E-state index in [1.54, 1.807) is 7.11 Å². The van der Waals surface area contributed by atoms with Crippen molar-refractivity contribution >= 4 is 0 Å². The maximum absolute atomic E-state index is 10.9. The first-order valence-corrected chi connectivity index (χ1v) is 7.80. The quantitative estimate of drug-likeness (QED) is 0.830. The molecule has 3 atom stereocenters. The molecule has 0 aromatic rings. The Morgan fingerprint density at radius 3 is 2.06 bits per heavy atom. The van der Waals surface area contributed by atoms with Crippen molar-refractivity contribution in [2.75, 3.05) is 7.11 Å². The second kappa shape index (κ2) is 5.92. The van der Waals surface area contributed by atoms with Gasteiger partial charge in [-0.2, -0.15) is 0 Å². The molecule has 2 saturated carbocycles. The lowest BCUT2D eigenvalue weighted by atomic mass is 9.68. The molecule has 2 aliphatic carbocycles. The Balaban J connectivity index is 2.05. The zero-order valence-electron chi connectivity index (χ0n) is 12.3. The Hall–Kier alpha value is -0.0800. The normalized spacial score (nSPS) is 38.3. The van der Waals surface area contributed by atoms with Crippen LogP contribution in [0.1, 0.15) is 65.2 Å². The molecule has 0 amide bonds. The van der Waals surface area contributed by atoms with E-state index in [4.69, 9.17) is 4.74 Å². The molecule has 3 unspecified atom stereocenters. The Labute approximate surface area is 112 Å². The number of methoxy groups -OCH3 is 1. The van der Waals surface area contributed by atoms with E-state index in [1.165, 1.54) is 38.5 Å². The van der Waals surface area contributed by atoms with Crippen molar-refractivity contribution in [1.29, 1.82) is 0 Å². The zero-order valence-corrected chi connectivity index (χ0v) is 12.3. The van der Waals surface area contributed by atoms with Gasteiger partial charge >= 0.3 is 0 Å². The van der Waals surface area contributed by atoms with Crippen molar-refractivity contribution in [2.24, 2.45) is 17.8 Å². The molecule has 2 aliphatic rings. The predicted octanol–water partition coefficient (Wildman–Crippen LogP) is 3.77. The summed E-state index contributed by atoms with van der Waals surface area (Å²) in [6.07, 6.45) is 9.23. The average Bonchev–Trinajstić information content (AvgIpc) is 2.37. The van der Waals surface area contributed by atoms with Crippen LogP contribution in [0.15, 0.2) is 0 Å². The third kappa shape index (κ3) is 2.91. The van der Waals surface area contributed by atoms with E-state index in [2.05, 4.69) is 13.8 Å². The molecule has 0 aliphatic heterocycles. The van der Waals surface area contributed by atoms with Crippen molar-refractivity contribution in [3.8, 4) is 0 Å². The van der Waals surface area contributed by atoms with E-state index in [-0.39, 0.29) is 11.7 Å². The molecule has 1 N–H and O–H groups in total. The molecule has 0 aromatic heterocycles.